The van der Waals surface area contributed by atoms with Crippen molar-refractivity contribution < 1.29 is 19.0 Å². The maximum atomic E-state index is 12.7. The number of rotatable bonds is 14. The van der Waals surface area contributed by atoms with Gasteiger partial charge in [0.2, 0.25) is 11.9 Å². The van der Waals surface area contributed by atoms with Gasteiger partial charge in [-0.1, -0.05) is 54.4 Å². The van der Waals surface area contributed by atoms with E-state index in [9.17, 15) is 29.4 Å². The van der Waals surface area contributed by atoms with Crippen LogP contribution in [0.25, 0.3) is 0 Å². The molecule has 19 nitrogen and oxygen atoms in total. The summed E-state index contributed by atoms with van der Waals surface area (Å²) < 4.78 is 25.5. The Morgan fingerprint density at radius 2 is 0.987 bits per heavy atom. The first-order valence-corrected chi connectivity index (χ1v) is 31.3. The van der Waals surface area contributed by atoms with Crippen LogP contribution in [-0.2, 0) is 9.13 Å². The highest BCUT2D eigenvalue weighted by atomic mass is 35.5. The van der Waals surface area contributed by atoms with Crippen LogP contribution in [0.5, 0.6) is 0 Å². The number of aromatic nitrogens is 4. The molecule has 2 aliphatic carbocycles. The summed E-state index contributed by atoms with van der Waals surface area (Å²) in [5, 5.41) is 38.3. The van der Waals surface area contributed by atoms with E-state index in [0.717, 1.165) is 70.6 Å². The predicted octanol–water partition coefficient (Wildman–Crippen LogP) is 12.3. The fourth-order valence-electron chi connectivity index (χ4n) is 11.4. The molecule has 2 saturated heterocycles. The Balaban J connectivity index is 0.000000186. The number of anilines is 10. The molecule has 2 spiro atoms. The highest BCUT2D eigenvalue weighted by Crippen LogP contribution is 2.53. The maximum absolute atomic E-state index is 12.7. The fraction of sp³-hybridized carbons (Fsp3) is 0.396. The Morgan fingerprint density at radius 3 is 1.34 bits per heavy atom. The number of para-hydroxylation sites is 2. The van der Waals surface area contributed by atoms with Crippen molar-refractivity contribution in [2.75, 3.05) is 83.9 Å². The van der Waals surface area contributed by atoms with Crippen molar-refractivity contribution in [1.82, 2.24) is 19.9 Å². The third-order valence-electron chi connectivity index (χ3n) is 15.1. The molecule has 4 heterocycles. The van der Waals surface area contributed by atoms with Gasteiger partial charge >= 0.3 is 0 Å². The van der Waals surface area contributed by atoms with Gasteiger partial charge in [0.1, 0.15) is 35.7 Å². The molecule has 4 fully saturated rings. The lowest BCUT2D eigenvalue weighted by Gasteiger charge is -2.51. The lowest BCUT2D eigenvalue weighted by molar-refractivity contribution is -0.384. The number of halogens is 2. The predicted molar refractivity (Wildman–Crippen MR) is 308 cm³/mol. The van der Waals surface area contributed by atoms with Gasteiger partial charge in [-0.3, -0.25) is 20.2 Å². The van der Waals surface area contributed by atoms with Gasteiger partial charge in [-0.2, -0.15) is 9.97 Å². The zero-order valence-electron chi connectivity index (χ0n) is 43.1. The number of hydrogen-bond acceptors (Lipinski definition) is 17. The zero-order valence-corrected chi connectivity index (χ0v) is 46.4. The molecule has 2 saturated carbocycles. The maximum Gasteiger partial charge on any atom is 0.294 e. The average molecular weight is 1110 g/mol. The van der Waals surface area contributed by atoms with Gasteiger partial charge in [-0.15, -0.1) is 0 Å². The van der Waals surface area contributed by atoms with Crippen LogP contribution < -0.4 is 47.4 Å². The number of benzene rings is 4. The second-order valence-corrected chi connectivity index (χ2v) is 28.8. The fourth-order valence-corrected chi connectivity index (χ4v) is 14.0. The van der Waals surface area contributed by atoms with E-state index in [0.29, 0.717) is 73.2 Å². The quantitative estimate of drug-likeness (QED) is 0.0386. The molecular formula is C53H63Cl2N13O6P2. The van der Waals surface area contributed by atoms with Crippen LogP contribution >= 0.6 is 37.5 Å². The van der Waals surface area contributed by atoms with Crippen molar-refractivity contribution in [1.29, 1.82) is 0 Å². The molecule has 76 heavy (non-hydrogen) atoms. The number of nitrogens with one attached hydrogen (secondary N) is 4. The first kappa shape index (κ1) is 54.4. The van der Waals surface area contributed by atoms with E-state index in [1.54, 1.807) is 50.9 Å². The molecule has 4 aromatic carbocycles. The molecule has 4 aliphatic rings. The molecule has 0 bridgehead atoms. The normalized spacial score (nSPS) is 17.2. The smallest absolute Gasteiger partial charge is 0.294 e. The highest BCUT2D eigenvalue weighted by molar-refractivity contribution is 7.70. The van der Waals surface area contributed by atoms with Crippen molar-refractivity contribution in [2.45, 2.75) is 64.3 Å². The van der Waals surface area contributed by atoms with E-state index in [2.05, 4.69) is 57.9 Å². The third-order valence-corrected chi connectivity index (χ3v) is 18.8. The van der Waals surface area contributed by atoms with E-state index in [1.165, 1.54) is 37.4 Å². The summed E-state index contributed by atoms with van der Waals surface area (Å²) >= 11 is 12.7. The minimum absolute atomic E-state index is 0.0270. The Morgan fingerprint density at radius 1 is 0.605 bits per heavy atom. The van der Waals surface area contributed by atoms with Gasteiger partial charge in [0, 0.05) is 66.3 Å². The molecule has 2 aliphatic heterocycles. The van der Waals surface area contributed by atoms with Gasteiger partial charge in [0.05, 0.1) is 33.6 Å². The summed E-state index contributed by atoms with van der Waals surface area (Å²) in [6, 6.07) is 25.1. The van der Waals surface area contributed by atoms with Crippen LogP contribution in [0.15, 0.2) is 97.3 Å². The van der Waals surface area contributed by atoms with E-state index in [-0.39, 0.29) is 43.2 Å². The summed E-state index contributed by atoms with van der Waals surface area (Å²) in [6.45, 7) is 12.3. The van der Waals surface area contributed by atoms with E-state index < -0.39 is 14.3 Å². The third kappa shape index (κ3) is 12.4. The largest absolute Gasteiger partial charge is 0.366 e. The zero-order chi connectivity index (χ0) is 54.2. The van der Waals surface area contributed by atoms with Crippen molar-refractivity contribution >= 4 is 117 Å². The number of nitrogens with two attached hydrogens (primary N) is 1. The van der Waals surface area contributed by atoms with Crippen molar-refractivity contribution in [3.63, 3.8) is 0 Å². The number of hydrogen-bond donors (Lipinski definition) is 5. The molecular weight excluding hydrogens is 1050 g/mol. The minimum atomic E-state index is -2.55. The van der Waals surface area contributed by atoms with Gasteiger partial charge in [-0.25, -0.2) is 9.97 Å². The topological polar surface area (TPSA) is 253 Å². The van der Waals surface area contributed by atoms with Gasteiger partial charge in [-0.05, 0) is 143 Å². The van der Waals surface area contributed by atoms with Crippen molar-refractivity contribution in [3.05, 3.63) is 128 Å². The molecule has 2 aromatic heterocycles. The highest BCUT2D eigenvalue weighted by Gasteiger charge is 2.46. The summed E-state index contributed by atoms with van der Waals surface area (Å²) in [4.78, 5) is 44.9. The lowest BCUT2D eigenvalue weighted by Crippen LogP contribution is -2.52. The Hall–Kier alpha value is -6.36. The Bertz CT molecular complexity index is 3040. The SMILES string of the molecule is CC1CC2(CCN(c3ccc(Nc4ncc(Cl)c(Nc5ccccc5P(C)(C)=O)n4)cc3[N+](=O)[O-])CC2)C1.CP(C)(=O)c1ccccc1Nc1nc(Nc2ccc(N3CCC4(CC3)CC(N)C4)c([N+](=O)[O-])c2)ncc1Cl. The Kier molecular flexibility index (Phi) is 15.7. The molecule has 23 heteroatoms. The molecule has 6 aromatic rings. The summed E-state index contributed by atoms with van der Waals surface area (Å²) in [5.74, 6) is 1.90. The van der Waals surface area contributed by atoms with Gasteiger partial charge in [0.25, 0.3) is 11.4 Å². The van der Waals surface area contributed by atoms with Crippen LogP contribution in [0, 0.1) is 37.0 Å². The number of piperidine rings is 2. The number of nitrogens with zero attached hydrogens (tertiary/aromatic N) is 8. The molecule has 400 valence electrons. The average Bonchev–Trinajstić information content (AvgIpc) is 3.36. The van der Waals surface area contributed by atoms with E-state index in [1.807, 2.05) is 48.5 Å². The molecule has 6 N–H and O–H groups in total. The first-order valence-electron chi connectivity index (χ1n) is 25.3. The van der Waals surface area contributed by atoms with Crippen LogP contribution in [0.4, 0.5) is 69.0 Å². The second-order valence-electron chi connectivity index (χ2n) is 21.6. The van der Waals surface area contributed by atoms with Crippen molar-refractivity contribution in [2.24, 2.45) is 22.5 Å². The summed E-state index contributed by atoms with van der Waals surface area (Å²) in [5.41, 5.74) is 10.4. The lowest BCUT2D eigenvalue weighted by atomic mass is 9.58. The molecule has 0 atom stereocenters. The number of nitro groups is 2. The standard InChI is InChI=1S/C27H32ClN6O3P.C26H31ClN7O3P/c1-18-15-27(16-18)10-12-33(13-11-27)22-9-8-19(14-23(22)34(35)36)30-26-29-17-20(28)25(32-26)31-21-6-4-5-7-24(21)38(2,3)37;1-38(2,37)23-6-4-3-5-20(23)31-24-19(27)16-29-25(32-24)30-18-7-8-21(22(13-18)34(35)36)33-11-9-26(10-12-33)14-17(28)15-26/h4-9,14,17-18H,10-13,15-16H2,1-3H3,(H2,29,30,31,32);3-8,13,16-17H,9-12,14-15,28H2,1-2H3,(H2,29,30,31,32). The first-order chi connectivity index (χ1) is 36.1. The molecule has 10 rings (SSSR count). The van der Waals surface area contributed by atoms with Crippen molar-refractivity contribution in [3.8, 4) is 0 Å². The van der Waals surface area contributed by atoms with Crippen LogP contribution in [-0.4, -0.2) is 88.7 Å². The van der Waals surface area contributed by atoms with E-state index in [4.69, 9.17) is 28.9 Å². The van der Waals surface area contributed by atoms with Crippen LogP contribution in [0.1, 0.15) is 58.3 Å². The number of nitro benzene ring substituents is 2. The Labute approximate surface area is 452 Å². The molecule has 0 unspecified atom stereocenters. The van der Waals surface area contributed by atoms with E-state index >= 15 is 0 Å². The van der Waals surface area contributed by atoms with Gasteiger partial charge in [0.15, 0.2) is 11.6 Å². The van der Waals surface area contributed by atoms with Gasteiger partial charge < -0.3 is 45.9 Å². The molecule has 0 amide bonds. The van der Waals surface area contributed by atoms with Crippen LogP contribution in [0.3, 0.4) is 0 Å². The molecule has 0 radical (unpaired) electrons. The summed E-state index contributed by atoms with van der Waals surface area (Å²) in [6.07, 6.45) is 11.7. The monoisotopic (exact) mass is 1110 g/mol. The summed E-state index contributed by atoms with van der Waals surface area (Å²) in [7, 11) is -5.10. The second kappa shape index (κ2) is 21.9. The van der Waals surface area contributed by atoms with Crippen LogP contribution in [0.2, 0.25) is 10.0 Å². The minimum Gasteiger partial charge on any atom is -0.366 e.